The van der Waals surface area contributed by atoms with E-state index in [1.807, 2.05) is 18.2 Å². The maximum atomic E-state index is 11.1. The molecule has 2 heteroatoms. The van der Waals surface area contributed by atoms with Gasteiger partial charge in [-0.2, -0.15) is 0 Å². The first kappa shape index (κ1) is 11.7. The number of hydrogen-bond acceptors (Lipinski definition) is 1. The Bertz CT molecular complexity index is 394. The second-order valence-corrected chi connectivity index (χ2v) is 3.59. The largest absolute Gasteiger partial charge is 0.276 e. The van der Waals surface area contributed by atoms with Crippen molar-refractivity contribution in [3.63, 3.8) is 0 Å². The summed E-state index contributed by atoms with van der Waals surface area (Å²) in [7, 11) is 0. The maximum Gasteiger partial charge on any atom is 0.252 e. The van der Waals surface area contributed by atoms with Crippen molar-refractivity contribution in [1.29, 1.82) is 0 Å². The minimum absolute atomic E-state index is 0.419. The topological polar surface area (TPSA) is 17.1 Å². The van der Waals surface area contributed by atoms with Crippen molar-refractivity contribution in [2.24, 2.45) is 0 Å². The molecule has 0 N–H and O–H groups in total. The number of rotatable bonds is 5. The van der Waals surface area contributed by atoms with Crippen LogP contribution in [0.5, 0.6) is 0 Å². The Morgan fingerprint density at radius 3 is 2.47 bits per heavy atom. The van der Waals surface area contributed by atoms with Crippen LogP contribution in [-0.2, 0) is 12.8 Å². The molecule has 78 valence electrons. The molecular formula is C13H13ClO. The molecule has 15 heavy (non-hydrogen) atoms. The SMILES string of the molecule is C=CCc1ccc(C(=O)Cl)c(CC=C)c1. The van der Waals surface area contributed by atoms with Gasteiger partial charge >= 0.3 is 0 Å². The molecule has 0 saturated carbocycles. The van der Waals surface area contributed by atoms with Gasteiger partial charge in [-0.05, 0) is 41.6 Å². The van der Waals surface area contributed by atoms with Crippen molar-refractivity contribution >= 4 is 16.8 Å². The molecule has 0 aliphatic rings. The van der Waals surface area contributed by atoms with Crippen molar-refractivity contribution in [2.45, 2.75) is 12.8 Å². The van der Waals surface area contributed by atoms with E-state index in [4.69, 9.17) is 11.6 Å². The smallest absolute Gasteiger partial charge is 0.252 e. The molecule has 1 aromatic rings. The Hall–Kier alpha value is -1.34. The fraction of sp³-hybridized carbons (Fsp3) is 0.154. The Morgan fingerprint density at radius 1 is 1.27 bits per heavy atom. The predicted molar refractivity (Wildman–Crippen MR) is 64.4 cm³/mol. The van der Waals surface area contributed by atoms with Gasteiger partial charge in [0.05, 0.1) is 0 Å². The van der Waals surface area contributed by atoms with Crippen LogP contribution in [0.2, 0.25) is 0 Å². The van der Waals surface area contributed by atoms with E-state index >= 15 is 0 Å². The van der Waals surface area contributed by atoms with Crippen molar-refractivity contribution in [3.8, 4) is 0 Å². The monoisotopic (exact) mass is 220 g/mol. The molecular weight excluding hydrogens is 208 g/mol. The zero-order valence-electron chi connectivity index (χ0n) is 8.50. The molecule has 0 fully saturated rings. The van der Waals surface area contributed by atoms with Crippen LogP contribution < -0.4 is 0 Å². The highest BCUT2D eigenvalue weighted by molar-refractivity contribution is 6.67. The first-order chi connectivity index (χ1) is 7.19. The standard InChI is InChI=1S/C13H13ClO/c1-3-5-10-7-8-12(13(14)15)11(9-10)6-4-2/h3-4,7-9H,1-2,5-6H2. The van der Waals surface area contributed by atoms with Gasteiger partial charge in [0, 0.05) is 5.56 Å². The second kappa shape index (κ2) is 5.52. The molecule has 0 atom stereocenters. The van der Waals surface area contributed by atoms with Crippen LogP contribution in [0.25, 0.3) is 0 Å². The van der Waals surface area contributed by atoms with Crippen molar-refractivity contribution < 1.29 is 4.79 Å². The Labute approximate surface area is 95.1 Å². The van der Waals surface area contributed by atoms with Gasteiger partial charge in [0.15, 0.2) is 0 Å². The van der Waals surface area contributed by atoms with E-state index in [1.165, 1.54) is 0 Å². The fourth-order valence-electron chi connectivity index (χ4n) is 1.46. The zero-order valence-corrected chi connectivity index (χ0v) is 9.26. The van der Waals surface area contributed by atoms with Crippen molar-refractivity contribution in [1.82, 2.24) is 0 Å². The molecule has 0 aromatic heterocycles. The minimum Gasteiger partial charge on any atom is -0.276 e. The summed E-state index contributed by atoms with van der Waals surface area (Å²) >= 11 is 5.48. The van der Waals surface area contributed by atoms with Gasteiger partial charge in [-0.25, -0.2) is 0 Å². The third-order valence-corrected chi connectivity index (χ3v) is 2.33. The quantitative estimate of drug-likeness (QED) is 0.548. The lowest BCUT2D eigenvalue weighted by Crippen LogP contribution is -1.98. The summed E-state index contributed by atoms with van der Waals surface area (Å²) in [5, 5.41) is -0.419. The highest BCUT2D eigenvalue weighted by Gasteiger charge is 2.08. The molecule has 0 aliphatic carbocycles. The second-order valence-electron chi connectivity index (χ2n) is 3.25. The number of allylic oxidation sites excluding steroid dienone is 2. The Kier molecular flexibility index (Phi) is 4.32. The van der Waals surface area contributed by atoms with Gasteiger partial charge in [0.25, 0.3) is 5.24 Å². The molecule has 0 bridgehead atoms. The summed E-state index contributed by atoms with van der Waals surface area (Å²) in [4.78, 5) is 11.1. The molecule has 0 amide bonds. The van der Waals surface area contributed by atoms with E-state index in [0.29, 0.717) is 12.0 Å². The number of hydrogen-bond donors (Lipinski definition) is 0. The van der Waals surface area contributed by atoms with Gasteiger partial charge in [0.1, 0.15) is 0 Å². The van der Waals surface area contributed by atoms with Crippen LogP contribution in [0.1, 0.15) is 21.5 Å². The third kappa shape index (κ3) is 3.07. The summed E-state index contributed by atoms with van der Waals surface area (Å²) in [5.74, 6) is 0. The molecule has 0 saturated heterocycles. The first-order valence-corrected chi connectivity index (χ1v) is 5.10. The van der Waals surface area contributed by atoms with Crippen LogP contribution in [0.4, 0.5) is 0 Å². The molecule has 1 nitrogen and oxygen atoms in total. The lowest BCUT2D eigenvalue weighted by atomic mass is 10.0. The van der Waals surface area contributed by atoms with Crippen molar-refractivity contribution in [3.05, 3.63) is 60.2 Å². The van der Waals surface area contributed by atoms with Crippen LogP contribution in [0, 0.1) is 0 Å². The van der Waals surface area contributed by atoms with Crippen LogP contribution in [0.3, 0.4) is 0 Å². The van der Waals surface area contributed by atoms with E-state index in [-0.39, 0.29) is 0 Å². The highest BCUT2D eigenvalue weighted by Crippen LogP contribution is 2.16. The average molecular weight is 221 g/mol. The van der Waals surface area contributed by atoms with Gasteiger partial charge < -0.3 is 0 Å². The number of halogens is 1. The first-order valence-electron chi connectivity index (χ1n) is 4.72. The molecule has 0 radical (unpaired) electrons. The Balaban J connectivity index is 3.13. The third-order valence-electron chi connectivity index (χ3n) is 2.13. The number of carbonyl (C=O) groups excluding carboxylic acids is 1. The normalized spacial score (nSPS) is 9.67. The van der Waals surface area contributed by atoms with Crippen molar-refractivity contribution in [2.75, 3.05) is 0 Å². The van der Waals surface area contributed by atoms with Crippen LogP contribution in [0.15, 0.2) is 43.5 Å². The Morgan fingerprint density at radius 2 is 1.93 bits per heavy atom. The van der Waals surface area contributed by atoms with E-state index in [0.717, 1.165) is 17.5 Å². The van der Waals surface area contributed by atoms with Gasteiger partial charge in [-0.1, -0.05) is 24.3 Å². The molecule has 0 unspecified atom stereocenters. The van der Waals surface area contributed by atoms with E-state index in [2.05, 4.69) is 13.2 Å². The lowest BCUT2D eigenvalue weighted by Gasteiger charge is -2.06. The van der Waals surface area contributed by atoms with Gasteiger partial charge in [0.2, 0.25) is 0 Å². The van der Waals surface area contributed by atoms with Crippen LogP contribution >= 0.6 is 11.6 Å². The number of benzene rings is 1. The lowest BCUT2D eigenvalue weighted by molar-refractivity contribution is 0.108. The molecule has 1 rings (SSSR count). The maximum absolute atomic E-state index is 11.1. The summed E-state index contributed by atoms with van der Waals surface area (Å²) in [6, 6.07) is 5.62. The summed E-state index contributed by atoms with van der Waals surface area (Å²) < 4.78 is 0. The predicted octanol–water partition coefficient (Wildman–Crippen LogP) is 3.52. The summed E-state index contributed by atoms with van der Waals surface area (Å²) in [5.41, 5.74) is 2.61. The fourth-order valence-corrected chi connectivity index (χ4v) is 1.64. The van der Waals surface area contributed by atoms with E-state index in [1.54, 1.807) is 12.1 Å². The van der Waals surface area contributed by atoms with Gasteiger partial charge in [-0.15, -0.1) is 13.2 Å². The molecule has 0 heterocycles. The zero-order chi connectivity index (χ0) is 11.3. The van der Waals surface area contributed by atoms with E-state index < -0.39 is 5.24 Å². The van der Waals surface area contributed by atoms with Crippen LogP contribution in [-0.4, -0.2) is 5.24 Å². The number of carbonyl (C=O) groups is 1. The summed E-state index contributed by atoms with van der Waals surface area (Å²) in [6.45, 7) is 7.33. The van der Waals surface area contributed by atoms with E-state index in [9.17, 15) is 4.79 Å². The minimum atomic E-state index is -0.419. The highest BCUT2D eigenvalue weighted by atomic mass is 35.5. The molecule has 0 aliphatic heterocycles. The molecule has 0 spiro atoms. The van der Waals surface area contributed by atoms with Gasteiger partial charge in [-0.3, -0.25) is 4.79 Å². The molecule has 1 aromatic carbocycles. The average Bonchev–Trinajstić information content (AvgIpc) is 2.18. The summed E-state index contributed by atoms with van der Waals surface area (Å²) in [6.07, 6.45) is 5.03.